The van der Waals surface area contributed by atoms with Crippen LogP contribution in [0.5, 0.6) is 0 Å². The minimum Gasteiger partial charge on any atom is -0.480 e. The molecule has 3 heterocycles. The van der Waals surface area contributed by atoms with Crippen LogP contribution in [0.4, 0.5) is 14.4 Å². The summed E-state index contributed by atoms with van der Waals surface area (Å²) >= 11 is 17.9. The molecule has 0 saturated carbocycles. The van der Waals surface area contributed by atoms with Crippen molar-refractivity contribution in [2.45, 2.75) is 219 Å². The van der Waals surface area contributed by atoms with Crippen molar-refractivity contribution in [2.24, 2.45) is 0 Å². The van der Waals surface area contributed by atoms with E-state index in [0.29, 0.717) is 105 Å². The smallest absolute Gasteiger partial charge is 0.408 e. The van der Waals surface area contributed by atoms with Crippen LogP contribution in [0.1, 0.15) is 143 Å². The maximum atomic E-state index is 14.0. The van der Waals surface area contributed by atoms with Crippen LogP contribution in [-0.2, 0) is 95.7 Å². The van der Waals surface area contributed by atoms with Crippen molar-refractivity contribution in [2.75, 3.05) is 80.2 Å². The van der Waals surface area contributed by atoms with Crippen LogP contribution < -0.4 is 21.3 Å². The van der Waals surface area contributed by atoms with E-state index in [1.807, 2.05) is 84.3 Å². The van der Waals surface area contributed by atoms with E-state index in [9.17, 15) is 43.2 Å². The number of carboxylic acid groups (broad SMARTS) is 1. The van der Waals surface area contributed by atoms with E-state index in [4.69, 9.17) is 68.3 Å². The third kappa shape index (κ3) is 33.1. The zero-order valence-corrected chi connectivity index (χ0v) is 79.7. The Labute approximate surface area is 787 Å². The Morgan fingerprint density at radius 1 is 0.374 bits per heavy atom. The highest BCUT2D eigenvalue weighted by Gasteiger charge is 2.42. The summed E-state index contributed by atoms with van der Waals surface area (Å²) < 4.78 is 31.6. The standard InChI is InChI=1S/2C34H42ClN3O5.C20H26N2O2.C14H18ClNO4.CH4/c2*1-6-28-22-37(30(32(40)42-5)21-24-11-14-25-9-7-8-10-26(25)19-24)17-18-38(28)31(39)29(36-33(41)43-34(2,3)4)20-23-12-15-27(35)16-13-23;1-3-18-14-22(11-10-21-18)19(20(23)24-2)13-15-8-9-16-6-4-5-7-17(16)12-15;1-14(2,3)20-13(19)16-11(12(17)18)8-9-4-6-10(15)7-5-9;/h2*7-16,19,28-30H,6,17-18,20-22H2,1-5H3,(H,36,41);4-9,12,18-19,21H,3,10-11,13-14H2,1-2H3;4-7,11H,8H2,1-3H3,(H,16,19)(H,17,18);1H4/t2*28-,29+,30-;18-,19-;11-;/m0001./s1. The lowest BCUT2D eigenvalue weighted by Gasteiger charge is -2.44. The van der Waals surface area contributed by atoms with Crippen molar-refractivity contribution >= 4 is 121 Å². The predicted molar refractivity (Wildman–Crippen MR) is 518 cm³/mol. The van der Waals surface area contributed by atoms with Crippen LogP contribution in [0.2, 0.25) is 15.1 Å². The first-order valence-corrected chi connectivity index (χ1v) is 45.6. The molecule has 3 saturated heterocycles. The van der Waals surface area contributed by atoms with E-state index in [1.165, 1.54) is 37.7 Å². The van der Waals surface area contributed by atoms with Gasteiger partial charge in [-0.1, -0.05) is 227 Å². The van der Waals surface area contributed by atoms with Gasteiger partial charge in [-0.15, -0.1) is 0 Å². The molecule has 706 valence electrons. The van der Waals surface area contributed by atoms with Crippen LogP contribution in [0.3, 0.4) is 0 Å². The second kappa shape index (κ2) is 50.1. The highest BCUT2D eigenvalue weighted by atomic mass is 35.5. The van der Waals surface area contributed by atoms with Crippen LogP contribution >= 0.6 is 34.8 Å². The number of nitrogens with one attached hydrogen (secondary N) is 4. The Bertz CT molecular complexity index is 5040. The first-order chi connectivity index (χ1) is 61.8. The third-order valence-corrected chi connectivity index (χ3v) is 23.6. The molecule has 28 heteroatoms. The lowest BCUT2D eigenvalue weighted by molar-refractivity contribution is -0.151. The van der Waals surface area contributed by atoms with Gasteiger partial charge in [-0.2, -0.15) is 0 Å². The second-order valence-electron chi connectivity index (χ2n) is 35.9. The van der Waals surface area contributed by atoms with E-state index in [-0.39, 0.29) is 61.7 Å². The average Bonchev–Trinajstić information content (AvgIpc) is 0.794. The number of methoxy groups -OCH3 is 3. The number of benzene rings is 9. The van der Waals surface area contributed by atoms with Crippen molar-refractivity contribution < 1.29 is 76.7 Å². The van der Waals surface area contributed by atoms with Gasteiger partial charge in [0.1, 0.15) is 53.1 Å². The van der Waals surface area contributed by atoms with Crippen molar-refractivity contribution in [1.82, 2.24) is 45.8 Å². The Kier molecular flexibility index (Phi) is 40.3. The summed E-state index contributed by atoms with van der Waals surface area (Å²) in [6.45, 7) is 27.6. The number of halogens is 3. The van der Waals surface area contributed by atoms with Crippen molar-refractivity contribution in [1.29, 1.82) is 0 Å². The molecule has 0 aromatic heterocycles. The van der Waals surface area contributed by atoms with Gasteiger partial charge in [0.2, 0.25) is 11.8 Å². The summed E-state index contributed by atoms with van der Waals surface area (Å²) in [7, 11) is 4.31. The minimum absolute atomic E-state index is 0. The molecule has 0 unspecified atom stereocenters. The van der Waals surface area contributed by atoms with Crippen LogP contribution in [-0.4, -0.2) is 235 Å². The number of hydrogen-bond donors (Lipinski definition) is 5. The van der Waals surface area contributed by atoms with Gasteiger partial charge in [0.25, 0.3) is 0 Å². The maximum Gasteiger partial charge on any atom is 0.408 e. The quantitative estimate of drug-likeness (QED) is 0.0236. The molecule has 9 aromatic rings. The number of fused-ring (bicyclic) bond motifs is 3. The Morgan fingerprint density at radius 2 is 0.656 bits per heavy atom. The number of ether oxygens (including phenoxy) is 6. The molecule has 9 aromatic carbocycles. The topological polar surface area (TPSA) is 294 Å². The number of amides is 5. The van der Waals surface area contributed by atoms with Gasteiger partial charge >= 0.3 is 42.2 Å². The second-order valence-corrected chi connectivity index (χ2v) is 37.2. The van der Waals surface area contributed by atoms with Crippen LogP contribution in [0, 0.1) is 0 Å². The van der Waals surface area contributed by atoms with Crippen LogP contribution in [0.25, 0.3) is 32.3 Å². The highest BCUT2D eigenvalue weighted by molar-refractivity contribution is 6.31. The molecule has 0 spiro atoms. The SMILES string of the molecule is C.CC(C)(C)OC(=O)N[C@H](Cc1ccc(Cl)cc1)C(=O)O.CC[C@H]1CN([C@@H](Cc2ccc3ccccc3c2)C(=O)OC)CCN1.CC[C@H]1CN([C@@H](Cc2ccc3ccccc3c2)C(=O)OC)CCN1C(=O)[C@@H](Cc1ccc(Cl)cc1)NC(=O)OC(C)(C)C.CC[C@H]1CN([C@@H](Cc2ccc3ccccc3c2)C(=O)OC)CCN1C(=O)[C@@H](Cc1ccc(Cl)cc1)NC(=O)OC(C)(C)C. The average molecular weight is 1860 g/mol. The number of carbonyl (C=O) groups is 9. The summed E-state index contributed by atoms with van der Waals surface area (Å²) in [5.74, 6) is -2.22. The fourth-order valence-electron chi connectivity index (χ4n) is 16.2. The molecular weight excluding hydrogens is 1730 g/mol. The van der Waals surface area contributed by atoms with E-state index < -0.39 is 71.3 Å². The molecule has 3 aliphatic heterocycles. The lowest BCUT2D eigenvalue weighted by atomic mass is 9.98. The fourth-order valence-corrected chi connectivity index (χ4v) is 16.6. The summed E-state index contributed by atoms with van der Waals surface area (Å²) in [5, 5.41) is 29.3. The summed E-state index contributed by atoms with van der Waals surface area (Å²) in [6, 6.07) is 61.0. The number of esters is 3. The Hall–Kier alpha value is -10.9. The van der Waals surface area contributed by atoms with Crippen LogP contribution in [0.15, 0.2) is 200 Å². The first-order valence-electron chi connectivity index (χ1n) is 44.5. The van der Waals surface area contributed by atoms with Gasteiger partial charge in [-0.05, 0) is 203 Å². The zero-order valence-electron chi connectivity index (χ0n) is 77.4. The number of nitrogens with zero attached hydrogens (tertiary/aromatic N) is 5. The molecule has 131 heavy (non-hydrogen) atoms. The van der Waals surface area contributed by atoms with E-state index in [1.54, 1.807) is 111 Å². The number of piperazine rings is 3. The van der Waals surface area contributed by atoms with Crippen molar-refractivity contribution in [3.63, 3.8) is 0 Å². The van der Waals surface area contributed by atoms with Gasteiger partial charge in [0.15, 0.2) is 0 Å². The van der Waals surface area contributed by atoms with E-state index in [0.717, 1.165) is 75.4 Å². The molecular formula is C103H132Cl3N9O16. The predicted octanol–water partition coefficient (Wildman–Crippen LogP) is 17.4. The summed E-state index contributed by atoms with van der Waals surface area (Å²) in [5.41, 5.74) is 3.68. The number of rotatable bonds is 27. The van der Waals surface area contributed by atoms with Crippen molar-refractivity contribution in [3.05, 3.63) is 249 Å². The third-order valence-electron chi connectivity index (χ3n) is 22.8. The molecule has 0 bridgehead atoms. The Balaban J connectivity index is 0.000000225. The molecule has 5 amide bonds. The molecule has 3 aliphatic rings. The van der Waals surface area contributed by atoms with E-state index >= 15 is 0 Å². The normalized spacial score (nSPS) is 16.9. The molecule has 3 fully saturated rings. The zero-order chi connectivity index (χ0) is 94.6. The Morgan fingerprint density at radius 3 is 0.939 bits per heavy atom. The van der Waals surface area contributed by atoms with Gasteiger partial charge in [0.05, 0.1) is 21.3 Å². The molecule has 12 rings (SSSR count). The first kappa shape index (κ1) is 105. The van der Waals surface area contributed by atoms with Gasteiger partial charge in [0, 0.05) is 111 Å². The van der Waals surface area contributed by atoms with Gasteiger partial charge < -0.3 is 64.6 Å². The van der Waals surface area contributed by atoms with Gasteiger partial charge in [-0.25, -0.2) is 19.2 Å². The summed E-state index contributed by atoms with van der Waals surface area (Å²) in [4.78, 5) is 125. The number of aliphatic carboxylic acids is 1. The number of carbonyl (C=O) groups excluding carboxylic acids is 8. The summed E-state index contributed by atoms with van der Waals surface area (Å²) in [6.07, 6.45) is 2.83. The monoisotopic (exact) mass is 1860 g/mol. The number of alkyl carbamates (subject to hydrolysis) is 3. The molecule has 0 radical (unpaired) electrons. The number of carboxylic acids is 1. The van der Waals surface area contributed by atoms with E-state index in [2.05, 4.69) is 134 Å². The molecule has 5 N–H and O–H groups in total. The van der Waals surface area contributed by atoms with Crippen molar-refractivity contribution in [3.8, 4) is 0 Å². The fraction of sp³-hybridized carbons (Fsp3) is 0.447. The lowest BCUT2D eigenvalue weighted by Crippen LogP contribution is -2.62. The highest BCUT2D eigenvalue weighted by Crippen LogP contribution is 2.29. The van der Waals surface area contributed by atoms with Gasteiger partial charge in [-0.3, -0.25) is 38.7 Å². The molecule has 0 aliphatic carbocycles. The minimum atomic E-state index is -1.12. The largest absolute Gasteiger partial charge is 0.480 e. The maximum absolute atomic E-state index is 14.0. The molecule has 25 nitrogen and oxygen atoms in total. The number of hydrogen-bond acceptors (Lipinski definition) is 19. The molecule has 9 atom stereocenters.